The lowest BCUT2D eigenvalue weighted by atomic mass is 9.81. The zero-order valence-corrected chi connectivity index (χ0v) is 15.3. The average molecular weight is 364 g/mol. The number of amides is 2. The predicted molar refractivity (Wildman–Crippen MR) is 101 cm³/mol. The molecule has 0 saturated carbocycles. The van der Waals surface area contributed by atoms with Gasteiger partial charge in [-0.25, -0.2) is 0 Å². The minimum absolute atomic E-state index is 0.0773. The maximum absolute atomic E-state index is 13.2. The molecule has 0 fully saturated rings. The molecular formula is C22H24N2O3. The second-order valence-corrected chi connectivity index (χ2v) is 7.23. The van der Waals surface area contributed by atoms with Gasteiger partial charge in [-0.3, -0.25) is 9.59 Å². The molecule has 1 aromatic heterocycles. The van der Waals surface area contributed by atoms with Crippen LogP contribution in [0.2, 0.25) is 0 Å². The summed E-state index contributed by atoms with van der Waals surface area (Å²) in [4.78, 5) is 27.9. The van der Waals surface area contributed by atoms with Crippen molar-refractivity contribution in [3.63, 3.8) is 0 Å². The van der Waals surface area contributed by atoms with Crippen molar-refractivity contribution in [2.75, 3.05) is 6.54 Å². The molecule has 1 aliphatic carbocycles. The van der Waals surface area contributed by atoms with E-state index in [1.54, 1.807) is 12.3 Å². The molecule has 2 unspecified atom stereocenters. The Morgan fingerprint density at radius 1 is 1.04 bits per heavy atom. The van der Waals surface area contributed by atoms with Crippen LogP contribution < -0.4 is 5.32 Å². The topological polar surface area (TPSA) is 62.6 Å². The molecule has 2 aromatic rings. The lowest BCUT2D eigenvalue weighted by molar-refractivity contribution is -0.143. The molecule has 4 rings (SSSR count). The van der Waals surface area contributed by atoms with Crippen molar-refractivity contribution in [1.82, 2.24) is 10.2 Å². The van der Waals surface area contributed by atoms with E-state index in [9.17, 15) is 9.59 Å². The highest BCUT2D eigenvalue weighted by Gasteiger charge is 2.37. The normalized spacial score (nSPS) is 21.6. The predicted octanol–water partition coefficient (Wildman–Crippen LogP) is 3.06. The molecule has 0 bridgehead atoms. The third-order valence-electron chi connectivity index (χ3n) is 5.55. The van der Waals surface area contributed by atoms with Gasteiger partial charge in [0, 0.05) is 13.1 Å². The van der Waals surface area contributed by atoms with Crippen molar-refractivity contribution in [2.45, 2.75) is 32.4 Å². The van der Waals surface area contributed by atoms with Crippen molar-refractivity contribution < 1.29 is 14.0 Å². The number of nitrogens with one attached hydrogen (secondary N) is 1. The Morgan fingerprint density at radius 3 is 2.59 bits per heavy atom. The van der Waals surface area contributed by atoms with Crippen molar-refractivity contribution in [1.29, 1.82) is 0 Å². The molecule has 0 radical (unpaired) electrons. The lowest BCUT2D eigenvalue weighted by Crippen LogP contribution is -2.46. The molecule has 2 heterocycles. The first kappa shape index (κ1) is 17.6. The van der Waals surface area contributed by atoms with E-state index in [0.717, 1.165) is 13.0 Å². The third kappa shape index (κ3) is 3.82. The molecule has 5 nitrogen and oxygen atoms in total. The fourth-order valence-electron chi connectivity index (χ4n) is 4.01. The molecule has 2 aliphatic rings. The summed E-state index contributed by atoms with van der Waals surface area (Å²) in [7, 11) is 0. The Balaban J connectivity index is 1.43. The molecule has 0 saturated heterocycles. The molecule has 1 N–H and O–H groups in total. The monoisotopic (exact) mass is 364 g/mol. The average Bonchev–Trinajstić information content (AvgIpc) is 3.25. The molecular weight excluding hydrogens is 340 g/mol. The summed E-state index contributed by atoms with van der Waals surface area (Å²) in [5.74, 6) is 0.107. The first-order chi connectivity index (χ1) is 13.2. The molecule has 1 aliphatic heterocycles. The van der Waals surface area contributed by atoms with Gasteiger partial charge in [-0.05, 0) is 42.5 Å². The standard InChI is InChI=1S/C22H24N2O3/c25-21(23-14-18-8-5-13-27-18)19-9-3-4-10-20(19)22(26)24-12-11-16-6-1-2-7-17(16)15-24/h1-8,13,19-20H,9-12,14-15H2,(H,23,25). The van der Waals surface area contributed by atoms with Crippen LogP contribution in [0.15, 0.2) is 59.2 Å². The molecule has 0 spiro atoms. The second kappa shape index (κ2) is 7.82. The van der Waals surface area contributed by atoms with Crippen LogP contribution in [0, 0.1) is 11.8 Å². The van der Waals surface area contributed by atoms with Crippen molar-refractivity contribution >= 4 is 11.8 Å². The number of furan rings is 1. The molecule has 140 valence electrons. The minimum Gasteiger partial charge on any atom is -0.467 e. The number of nitrogens with zero attached hydrogens (tertiary/aromatic N) is 1. The summed E-state index contributed by atoms with van der Waals surface area (Å²) in [6.45, 7) is 1.71. The first-order valence-electron chi connectivity index (χ1n) is 9.53. The first-order valence-corrected chi connectivity index (χ1v) is 9.53. The number of allylic oxidation sites excluding steroid dienone is 2. The van der Waals surface area contributed by atoms with E-state index >= 15 is 0 Å². The van der Waals surface area contributed by atoms with Crippen LogP contribution in [0.5, 0.6) is 0 Å². The van der Waals surface area contributed by atoms with Crippen LogP contribution in [0.1, 0.15) is 29.7 Å². The Kier molecular flexibility index (Phi) is 5.10. The van der Waals surface area contributed by atoms with Gasteiger partial charge in [0.25, 0.3) is 0 Å². The van der Waals surface area contributed by atoms with Crippen LogP contribution in [0.4, 0.5) is 0 Å². The summed E-state index contributed by atoms with van der Waals surface area (Å²) in [6.07, 6.45) is 7.72. The highest BCUT2D eigenvalue weighted by atomic mass is 16.3. The number of fused-ring (bicyclic) bond motifs is 1. The quantitative estimate of drug-likeness (QED) is 0.848. The van der Waals surface area contributed by atoms with Gasteiger partial charge in [0.15, 0.2) is 0 Å². The number of benzene rings is 1. The van der Waals surface area contributed by atoms with Gasteiger partial charge in [0.1, 0.15) is 5.76 Å². The zero-order chi connectivity index (χ0) is 18.6. The van der Waals surface area contributed by atoms with E-state index in [1.807, 2.05) is 35.3 Å². The summed E-state index contributed by atoms with van der Waals surface area (Å²) in [5, 5.41) is 2.92. The molecule has 1 aromatic carbocycles. The third-order valence-corrected chi connectivity index (χ3v) is 5.55. The van der Waals surface area contributed by atoms with Crippen molar-refractivity contribution in [3.8, 4) is 0 Å². The zero-order valence-electron chi connectivity index (χ0n) is 15.3. The smallest absolute Gasteiger partial charge is 0.227 e. The number of carbonyl (C=O) groups is 2. The SMILES string of the molecule is O=C(NCc1ccco1)C1CC=CCC1C(=O)N1CCc2ccccc2C1. The lowest BCUT2D eigenvalue weighted by Gasteiger charge is -2.35. The Hall–Kier alpha value is -2.82. The maximum Gasteiger partial charge on any atom is 0.227 e. The van der Waals surface area contributed by atoms with E-state index in [1.165, 1.54) is 11.1 Å². The van der Waals surface area contributed by atoms with E-state index in [0.29, 0.717) is 31.7 Å². The Bertz CT molecular complexity index is 841. The van der Waals surface area contributed by atoms with Gasteiger partial charge in [0.05, 0.1) is 24.6 Å². The molecule has 2 atom stereocenters. The number of carbonyl (C=O) groups excluding carboxylic acids is 2. The van der Waals surface area contributed by atoms with Crippen LogP contribution >= 0.6 is 0 Å². The number of rotatable bonds is 4. The van der Waals surface area contributed by atoms with Crippen LogP contribution in [-0.2, 0) is 29.1 Å². The van der Waals surface area contributed by atoms with Gasteiger partial charge in [-0.2, -0.15) is 0 Å². The van der Waals surface area contributed by atoms with Gasteiger partial charge in [-0.1, -0.05) is 36.4 Å². The Labute approximate surface area is 159 Å². The van der Waals surface area contributed by atoms with E-state index in [-0.39, 0.29) is 23.7 Å². The highest BCUT2D eigenvalue weighted by molar-refractivity contribution is 5.88. The summed E-state index contributed by atoms with van der Waals surface area (Å²) in [6, 6.07) is 11.9. The fourth-order valence-corrected chi connectivity index (χ4v) is 4.01. The van der Waals surface area contributed by atoms with E-state index < -0.39 is 0 Å². The van der Waals surface area contributed by atoms with Gasteiger partial charge < -0.3 is 14.6 Å². The van der Waals surface area contributed by atoms with Crippen molar-refractivity contribution in [2.24, 2.45) is 11.8 Å². The molecule has 2 amide bonds. The second-order valence-electron chi connectivity index (χ2n) is 7.23. The number of hydrogen-bond acceptors (Lipinski definition) is 3. The minimum atomic E-state index is -0.324. The molecule has 27 heavy (non-hydrogen) atoms. The maximum atomic E-state index is 13.2. The van der Waals surface area contributed by atoms with E-state index in [2.05, 4.69) is 17.4 Å². The van der Waals surface area contributed by atoms with Crippen LogP contribution in [0.25, 0.3) is 0 Å². The van der Waals surface area contributed by atoms with Crippen LogP contribution in [0.3, 0.4) is 0 Å². The van der Waals surface area contributed by atoms with Gasteiger partial charge in [-0.15, -0.1) is 0 Å². The fraction of sp³-hybridized carbons (Fsp3) is 0.364. The van der Waals surface area contributed by atoms with Crippen LogP contribution in [-0.4, -0.2) is 23.3 Å². The summed E-state index contributed by atoms with van der Waals surface area (Å²) >= 11 is 0. The highest BCUT2D eigenvalue weighted by Crippen LogP contribution is 2.30. The van der Waals surface area contributed by atoms with Gasteiger partial charge >= 0.3 is 0 Å². The van der Waals surface area contributed by atoms with E-state index in [4.69, 9.17) is 4.42 Å². The summed E-state index contributed by atoms with van der Waals surface area (Å²) < 4.78 is 5.27. The Morgan fingerprint density at radius 2 is 1.81 bits per heavy atom. The largest absolute Gasteiger partial charge is 0.467 e. The molecule has 5 heteroatoms. The number of hydrogen-bond donors (Lipinski definition) is 1. The summed E-state index contributed by atoms with van der Waals surface area (Å²) in [5.41, 5.74) is 2.53. The van der Waals surface area contributed by atoms with Gasteiger partial charge in [0.2, 0.25) is 11.8 Å². The van der Waals surface area contributed by atoms with Crippen molar-refractivity contribution in [3.05, 3.63) is 71.7 Å².